The van der Waals surface area contributed by atoms with Crippen molar-refractivity contribution in [2.24, 2.45) is 17.8 Å². The SMILES string of the molecule is CC(C)CCC[C@@H](C)CCC[C@@H](C)CCC[C@](C)(O)CO. The van der Waals surface area contributed by atoms with Crippen molar-refractivity contribution in [3.63, 3.8) is 0 Å². The minimum Gasteiger partial charge on any atom is -0.393 e. The highest BCUT2D eigenvalue weighted by atomic mass is 16.3. The molecule has 0 aliphatic rings. The van der Waals surface area contributed by atoms with E-state index in [1.165, 1.54) is 38.5 Å². The molecule has 0 amide bonds. The second-order valence-electron chi connectivity index (χ2n) is 8.01. The van der Waals surface area contributed by atoms with Crippen molar-refractivity contribution in [3.8, 4) is 0 Å². The summed E-state index contributed by atoms with van der Waals surface area (Å²) < 4.78 is 0. The van der Waals surface area contributed by atoms with Gasteiger partial charge in [0.1, 0.15) is 0 Å². The summed E-state index contributed by atoms with van der Waals surface area (Å²) >= 11 is 0. The molecule has 0 aromatic heterocycles. The fraction of sp³-hybridized carbons (Fsp3) is 1.00. The Hall–Kier alpha value is -0.0800. The summed E-state index contributed by atoms with van der Waals surface area (Å²) in [5.41, 5.74) is -0.884. The van der Waals surface area contributed by atoms with Crippen LogP contribution in [0.15, 0.2) is 0 Å². The van der Waals surface area contributed by atoms with Crippen LogP contribution in [0.1, 0.15) is 92.4 Å². The molecule has 0 aliphatic heterocycles. The smallest absolute Gasteiger partial charge is 0.0849 e. The van der Waals surface area contributed by atoms with Crippen LogP contribution in [0.3, 0.4) is 0 Å². The Bertz CT molecular complexity index is 236. The van der Waals surface area contributed by atoms with Crippen molar-refractivity contribution >= 4 is 0 Å². The molecule has 0 bridgehead atoms. The fourth-order valence-electron chi connectivity index (χ4n) is 2.89. The molecule has 0 heterocycles. The summed E-state index contributed by atoms with van der Waals surface area (Å²) in [5, 5.41) is 18.8. The van der Waals surface area contributed by atoms with E-state index in [4.69, 9.17) is 5.11 Å². The largest absolute Gasteiger partial charge is 0.393 e. The lowest BCUT2D eigenvalue weighted by molar-refractivity contribution is -0.00757. The first-order valence-corrected chi connectivity index (χ1v) is 9.10. The normalized spacial score (nSPS) is 17.7. The van der Waals surface area contributed by atoms with Gasteiger partial charge < -0.3 is 10.2 Å². The van der Waals surface area contributed by atoms with Crippen LogP contribution in [-0.4, -0.2) is 22.4 Å². The highest BCUT2D eigenvalue weighted by Gasteiger charge is 2.18. The average molecular weight is 301 g/mol. The van der Waals surface area contributed by atoms with E-state index in [0.717, 1.165) is 30.6 Å². The highest BCUT2D eigenvalue weighted by molar-refractivity contribution is 4.71. The Labute approximate surface area is 133 Å². The van der Waals surface area contributed by atoms with E-state index >= 15 is 0 Å². The molecule has 0 aromatic carbocycles. The van der Waals surface area contributed by atoms with Crippen molar-refractivity contribution in [2.75, 3.05) is 6.61 Å². The molecule has 2 N–H and O–H groups in total. The third-order valence-electron chi connectivity index (χ3n) is 4.63. The fourth-order valence-corrected chi connectivity index (χ4v) is 2.89. The second-order valence-corrected chi connectivity index (χ2v) is 8.01. The molecule has 0 spiro atoms. The number of hydrogen-bond acceptors (Lipinski definition) is 2. The molecule has 3 atom stereocenters. The molecule has 0 saturated heterocycles. The Kier molecular flexibility index (Phi) is 11.4. The van der Waals surface area contributed by atoms with Crippen LogP contribution in [0, 0.1) is 17.8 Å². The average Bonchev–Trinajstić information content (AvgIpc) is 2.38. The maximum absolute atomic E-state index is 9.76. The quantitative estimate of drug-likeness (QED) is 0.492. The zero-order valence-electron chi connectivity index (χ0n) is 15.2. The van der Waals surface area contributed by atoms with E-state index in [1.54, 1.807) is 6.92 Å². The maximum Gasteiger partial charge on any atom is 0.0849 e. The third kappa shape index (κ3) is 13.3. The van der Waals surface area contributed by atoms with Crippen LogP contribution in [0.4, 0.5) is 0 Å². The van der Waals surface area contributed by atoms with E-state index in [-0.39, 0.29) is 6.61 Å². The number of aliphatic hydroxyl groups excluding tert-OH is 1. The number of aliphatic hydroxyl groups is 2. The van der Waals surface area contributed by atoms with Crippen LogP contribution in [0.25, 0.3) is 0 Å². The van der Waals surface area contributed by atoms with Gasteiger partial charge in [-0.1, -0.05) is 79.1 Å². The molecule has 0 rings (SSSR count). The molecule has 0 aliphatic carbocycles. The van der Waals surface area contributed by atoms with Gasteiger partial charge in [0.15, 0.2) is 0 Å². The molecule has 0 aromatic rings. The van der Waals surface area contributed by atoms with Crippen molar-refractivity contribution < 1.29 is 10.2 Å². The van der Waals surface area contributed by atoms with Crippen LogP contribution in [0.2, 0.25) is 0 Å². The Morgan fingerprint density at radius 3 is 1.62 bits per heavy atom. The van der Waals surface area contributed by atoms with Crippen molar-refractivity contribution in [1.82, 2.24) is 0 Å². The van der Waals surface area contributed by atoms with Gasteiger partial charge in [0, 0.05) is 0 Å². The van der Waals surface area contributed by atoms with Gasteiger partial charge in [-0.15, -0.1) is 0 Å². The molecular weight excluding hydrogens is 260 g/mol. The summed E-state index contributed by atoms with van der Waals surface area (Å²) in [6, 6.07) is 0. The molecule has 0 fully saturated rings. The first-order chi connectivity index (χ1) is 9.76. The van der Waals surface area contributed by atoms with Gasteiger partial charge in [-0.2, -0.15) is 0 Å². The highest BCUT2D eigenvalue weighted by Crippen LogP contribution is 2.22. The van der Waals surface area contributed by atoms with Crippen LogP contribution < -0.4 is 0 Å². The van der Waals surface area contributed by atoms with Crippen LogP contribution in [-0.2, 0) is 0 Å². The predicted octanol–water partition coefficient (Wildman–Crippen LogP) is 5.17. The van der Waals surface area contributed by atoms with Gasteiger partial charge in [-0.25, -0.2) is 0 Å². The van der Waals surface area contributed by atoms with Crippen LogP contribution >= 0.6 is 0 Å². The molecular formula is C19H40O2. The summed E-state index contributed by atoms with van der Waals surface area (Å²) in [4.78, 5) is 0. The Morgan fingerprint density at radius 2 is 1.19 bits per heavy atom. The zero-order valence-corrected chi connectivity index (χ0v) is 15.2. The van der Waals surface area contributed by atoms with Gasteiger partial charge in [0.2, 0.25) is 0 Å². The lowest BCUT2D eigenvalue weighted by Gasteiger charge is -2.21. The van der Waals surface area contributed by atoms with Gasteiger partial charge >= 0.3 is 0 Å². The summed E-state index contributed by atoms with van der Waals surface area (Å²) in [7, 11) is 0. The first-order valence-electron chi connectivity index (χ1n) is 9.10. The maximum atomic E-state index is 9.76. The van der Waals surface area contributed by atoms with E-state index < -0.39 is 5.60 Å². The molecule has 128 valence electrons. The van der Waals surface area contributed by atoms with Gasteiger partial charge in [-0.3, -0.25) is 0 Å². The molecule has 0 saturated carbocycles. The Balaban J connectivity index is 3.54. The standard InChI is InChI=1S/C19H40O2/c1-16(2)9-6-10-17(3)11-7-12-18(4)13-8-14-19(5,21)15-20/h16-18,20-21H,6-15H2,1-5H3/t17-,18-,19+/m1/s1. The predicted molar refractivity (Wildman–Crippen MR) is 92.4 cm³/mol. The lowest BCUT2D eigenvalue weighted by Crippen LogP contribution is -2.28. The molecule has 2 nitrogen and oxygen atoms in total. The molecule has 2 heteroatoms. The van der Waals surface area contributed by atoms with Crippen molar-refractivity contribution in [1.29, 1.82) is 0 Å². The van der Waals surface area contributed by atoms with Gasteiger partial charge in [0.25, 0.3) is 0 Å². The zero-order chi connectivity index (χ0) is 16.3. The van der Waals surface area contributed by atoms with E-state index in [9.17, 15) is 5.11 Å². The van der Waals surface area contributed by atoms with Gasteiger partial charge in [0.05, 0.1) is 12.2 Å². The minimum absolute atomic E-state index is 0.130. The van der Waals surface area contributed by atoms with Gasteiger partial charge in [-0.05, 0) is 31.1 Å². The van der Waals surface area contributed by atoms with E-state index in [1.807, 2.05) is 0 Å². The number of rotatable bonds is 13. The molecule has 0 radical (unpaired) electrons. The minimum atomic E-state index is -0.884. The van der Waals surface area contributed by atoms with Crippen molar-refractivity contribution in [3.05, 3.63) is 0 Å². The first kappa shape index (κ1) is 20.9. The van der Waals surface area contributed by atoms with Crippen molar-refractivity contribution in [2.45, 2.75) is 98.0 Å². The monoisotopic (exact) mass is 300 g/mol. The topological polar surface area (TPSA) is 40.5 Å². The van der Waals surface area contributed by atoms with Crippen LogP contribution in [0.5, 0.6) is 0 Å². The summed E-state index contributed by atoms with van der Waals surface area (Å²) in [6.45, 7) is 10.9. The molecule has 0 unspecified atom stereocenters. The molecule has 21 heavy (non-hydrogen) atoms. The lowest BCUT2D eigenvalue weighted by atomic mass is 9.90. The summed E-state index contributed by atoms with van der Waals surface area (Å²) in [6.07, 6.45) is 11.0. The van der Waals surface area contributed by atoms with E-state index in [2.05, 4.69) is 27.7 Å². The van der Waals surface area contributed by atoms with E-state index in [0.29, 0.717) is 6.42 Å². The number of hydrogen-bond donors (Lipinski definition) is 2. The Morgan fingerprint density at radius 1 is 0.762 bits per heavy atom. The third-order valence-corrected chi connectivity index (χ3v) is 4.63. The summed E-state index contributed by atoms with van der Waals surface area (Å²) in [5.74, 6) is 2.45. The second kappa shape index (κ2) is 11.5.